The maximum atomic E-state index is 4.54. The number of hydrogen-bond acceptors (Lipinski definition) is 4. The van der Waals surface area contributed by atoms with Crippen molar-refractivity contribution in [2.75, 3.05) is 19.6 Å². The Hall–Kier alpha value is -0.450. The predicted molar refractivity (Wildman–Crippen MR) is 82.6 cm³/mol. The summed E-state index contributed by atoms with van der Waals surface area (Å²) in [6, 6.07) is 1.13. The largest absolute Gasteiger partial charge is 0.312 e. The number of rotatable bonds is 5. The van der Waals surface area contributed by atoms with E-state index in [2.05, 4.69) is 41.4 Å². The van der Waals surface area contributed by atoms with Gasteiger partial charge in [-0.1, -0.05) is 27.2 Å². The molecule has 0 aromatic carbocycles. The average molecular weight is 281 g/mol. The van der Waals surface area contributed by atoms with Crippen molar-refractivity contribution in [3.05, 3.63) is 16.6 Å². The quantitative estimate of drug-likeness (QED) is 0.897. The van der Waals surface area contributed by atoms with Crippen LogP contribution < -0.4 is 5.32 Å². The van der Waals surface area contributed by atoms with Gasteiger partial charge in [0.1, 0.15) is 5.01 Å². The standard InChI is InChI=1S/C15H27N3S/c1-4-12(3)13-11-18(9-6-7-16-13)14(5-2)15-17-8-10-19-15/h8,10,12-14,16H,4-7,9,11H2,1-3H3. The first-order valence-electron chi connectivity index (χ1n) is 7.63. The maximum Gasteiger partial charge on any atom is 0.110 e. The summed E-state index contributed by atoms with van der Waals surface area (Å²) in [5.41, 5.74) is 0. The SMILES string of the molecule is CCC(C)C1CN(C(CC)c2nccs2)CCCN1. The highest BCUT2D eigenvalue weighted by Gasteiger charge is 2.27. The summed E-state index contributed by atoms with van der Waals surface area (Å²) in [4.78, 5) is 7.19. The van der Waals surface area contributed by atoms with Crippen LogP contribution in [0.5, 0.6) is 0 Å². The molecule has 0 saturated carbocycles. The fourth-order valence-corrected chi connectivity index (χ4v) is 3.77. The van der Waals surface area contributed by atoms with Crippen LogP contribution in [0, 0.1) is 5.92 Å². The van der Waals surface area contributed by atoms with Crippen molar-refractivity contribution in [2.45, 2.75) is 52.1 Å². The third-order valence-electron chi connectivity index (χ3n) is 4.35. The molecule has 0 aliphatic carbocycles. The van der Waals surface area contributed by atoms with Gasteiger partial charge in [-0.25, -0.2) is 4.98 Å². The van der Waals surface area contributed by atoms with Crippen LogP contribution >= 0.6 is 11.3 Å². The Labute approximate surface area is 121 Å². The molecule has 1 saturated heterocycles. The summed E-state index contributed by atoms with van der Waals surface area (Å²) >= 11 is 1.80. The Balaban J connectivity index is 2.08. The van der Waals surface area contributed by atoms with Gasteiger partial charge in [-0.05, 0) is 25.3 Å². The Kier molecular flexibility index (Phi) is 5.79. The molecule has 1 N–H and O–H groups in total. The minimum absolute atomic E-state index is 0.506. The van der Waals surface area contributed by atoms with Crippen molar-refractivity contribution < 1.29 is 0 Å². The molecule has 3 atom stereocenters. The lowest BCUT2D eigenvalue weighted by molar-refractivity contribution is 0.172. The number of thiazole rings is 1. The van der Waals surface area contributed by atoms with Crippen LogP contribution in [-0.4, -0.2) is 35.6 Å². The lowest BCUT2D eigenvalue weighted by Crippen LogP contribution is -2.43. The van der Waals surface area contributed by atoms with Crippen LogP contribution in [0.15, 0.2) is 11.6 Å². The van der Waals surface area contributed by atoms with E-state index in [1.165, 1.54) is 24.4 Å². The van der Waals surface area contributed by atoms with Crippen molar-refractivity contribution in [1.29, 1.82) is 0 Å². The third-order valence-corrected chi connectivity index (χ3v) is 5.23. The van der Waals surface area contributed by atoms with E-state index in [1.807, 2.05) is 6.20 Å². The van der Waals surface area contributed by atoms with Gasteiger partial charge in [-0.15, -0.1) is 11.3 Å². The fraction of sp³-hybridized carbons (Fsp3) is 0.800. The van der Waals surface area contributed by atoms with Crippen molar-refractivity contribution in [2.24, 2.45) is 5.92 Å². The molecule has 0 amide bonds. The Morgan fingerprint density at radius 1 is 1.47 bits per heavy atom. The highest BCUT2D eigenvalue weighted by atomic mass is 32.1. The molecule has 2 rings (SSSR count). The van der Waals surface area contributed by atoms with E-state index in [0.29, 0.717) is 12.1 Å². The van der Waals surface area contributed by atoms with E-state index in [9.17, 15) is 0 Å². The number of hydrogen-bond donors (Lipinski definition) is 1. The summed E-state index contributed by atoms with van der Waals surface area (Å²) in [6.07, 6.45) is 5.58. The summed E-state index contributed by atoms with van der Waals surface area (Å²) in [6.45, 7) is 10.4. The molecule has 3 unspecified atom stereocenters. The van der Waals surface area contributed by atoms with Gasteiger partial charge in [-0.2, -0.15) is 0 Å². The predicted octanol–water partition coefficient (Wildman–Crippen LogP) is 3.30. The molecule has 1 aliphatic heterocycles. The third kappa shape index (κ3) is 3.77. The lowest BCUT2D eigenvalue weighted by Gasteiger charge is -2.32. The average Bonchev–Trinajstić information content (AvgIpc) is 2.84. The lowest BCUT2D eigenvalue weighted by atomic mass is 9.98. The Morgan fingerprint density at radius 3 is 2.95 bits per heavy atom. The summed E-state index contributed by atoms with van der Waals surface area (Å²) in [5.74, 6) is 0.745. The van der Waals surface area contributed by atoms with E-state index in [0.717, 1.165) is 25.4 Å². The zero-order chi connectivity index (χ0) is 13.7. The van der Waals surface area contributed by atoms with Crippen molar-refractivity contribution in [3.8, 4) is 0 Å². The van der Waals surface area contributed by atoms with Crippen LogP contribution in [0.2, 0.25) is 0 Å². The highest BCUT2D eigenvalue weighted by Crippen LogP contribution is 2.28. The molecule has 0 radical (unpaired) electrons. The summed E-state index contributed by atoms with van der Waals surface area (Å²) < 4.78 is 0. The number of aromatic nitrogens is 1. The zero-order valence-electron chi connectivity index (χ0n) is 12.4. The molecule has 0 spiro atoms. The monoisotopic (exact) mass is 281 g/mol. The van der Waals surface area contributed by atoms with E-state index in [-0.39, 0.29) is 0 Å². The molecule has 1 aromatic rings. The molecule has 19 heavy (non-hydrogen) atoms. The molecule has 4 heteroatoms. The van der Waals surface area contributed by atoms with Crippen molar-refractivity contribution in [3.63, 3.8) is 0 Å². The first-order valence-corrected chi connectivity index (χ1v) is 8.51. The zero-order valence-corrected chi connectivity index (χ0v) is 13.2. The first kappa shape index (κ1) is 14.9. The molecule has 1 aromatic heterocycles. The normalized spacial score (nSPS) is 24.9. The van der Waals surface area contributed by atoms with Gasteiger partial charge >= 0.3 is 0 Å². The van der Waals surface area contributed by atoms with E-state index in [1.54, 1.807) is 11.3 Å². The first-order chi connectivity index (χ1) is 9.26. The molecular formula is C15H27N3S. The molecular weight excluding hydrogens is 254 g/mol. The van der Waals surface area contributed by atoms with Gasteiger partial charge in [0, 0.05) is 30.7 Å². The molecule has 108 valence electrons. The van der Waals surface area contributed by atoms with Crippen LogP contribution in [0.4, 0.5) is 0 Å². The van der Waals surface area contributed by atoms with E-state index >= 15 is 0 Å². The van der Waals surface area contributed by atoms with Gasteiger partial charge in [0.25, 0.3) is 0 Å². The second-order valence-corrected chi connectivity index (χ2v) is 6.52. The Bertz CT molecular complexity index is 352. The molecule has 2 heterocycles. The smallest absolute Gasteiger partial charge is 0.110 e. The molecule has 1 aliphatic rings. The second-order valence-electron chi connectivity index (χ2n) is 5.59. The minimum atomic E-state index is 0.506. The van der Waals surface area contributed by atoms with Gasteiger partial charge in [-0.3, -0.25) is 4.90 Å². The summed E-state index contributed by atoms with van der Waals surface area (Å²) in [5, 5.41) is 7.11. The van der Waals surface area contributed by atoms with Crippen LogP contribution in [0.25, 0.3) is 0 Å². The number of nitrogens with zero attached hydrogens (tertiary/aromatic N) is 2. The maximum absolute atomic E-state index is 4.54. The Morgan fingerprint density at radius 2 is 2.32 bits per heavy atom. The van der Waals surface area contributed by atoms with Gasteiger partial charge < -0.3 is 5.32 Å². The topological polar surface area (TPSA) is 28.2 Å². The minimum Gasteiger partial charge on any atom is -0.312 e. The van der Waals surface area contributed by atoms with E-state index in [4.69, 9.17) is 0 Å². The second kappa shape index (κ2) is 7.36. The summed E-state index contributed by atoms with van der Waals surface area (Å²) in [7, 11) is 0. The van der Waals surface area contributed by atoms with Crippen LogP contribution in [-0.2, 0) is 0 Å². The molecule has 3 nitrogen and oxygen atoms in total. The van der Waals surface area contributed by atoms with Gasteiger partial charge in [0.15, 0.2) is 0 Å². The van der Waals surface area contributed by atoms with Gasteiger partial charge in [0.05, 0.1) is 6.04 Å². The van der Waals surface area contributed by atoms with Crippen LogP contribution in [0.3, 0.4) is 0 Å². The van der Waals surface area contributed by atoms with Gasteiger partial charge in [0.2, 0.25) is 0 Å². The fourth-order valence-electron chi connectivity index (χ4n) is 2.91. The molecule has 1 fully saturated rings. The van der Waals surface area contributed by atoms with E-state index < -0.39 is 0 Å². The van der Waals surface area contributed by atoms with Crippen LogP contribution in [0.1, 0.15) is 51.1 Å². The van der Waals surface area contributed by atoms with Crippen molar-refractivity contribution in [1.82, 2.24) is 15.2 Å². The van der Waals surface area contributed by atoms with Crippen molar-refractivity contribution >= 4 is 11.3 Å². The highest BCUT2D eigenvalue weighted by molar-refractivity contribution is 7.09. The molecule has 0 bridgehead atoms. The number of nitrogens with one attached hydrogen (secondary N) is 1.